The van der Waals surface area contributed by atoms with Crippen LogP contribution >= 0.6 is 0 Å². The van der Waals surface area contributed by atoms with Gasteiger partial charge >= 0.3 is 0 Å². The molecule has 0 fully saturated rings. The third-order valence-corrected chi connectivity index (χ3v) is 2.78. The summed E-state index contributed by atoms with van der Waals surface area (Å²) in [6.07, 6.45) is -0.534. The van der Waals surface area contributed by atoms with Crippen LogP contribution in [-0.2, 0) is 0 Å². The van der Waals surface area contributed by atoms with E-state index in [1.165, 1.54) is 0 Å². The van der Waals surface area contributed by atoms with Crippen molar-refractivity contribution in [1.82, 2.24) is 0 Å². The minimum Gasteiger partial charge on any atom is -0.496 e. The van der Waals surface area contributed by atoms with Crippen molar-refractivity contribution in [3.63, 3.8) is 0 Å². The second kappa shape index (κ2) is 5.02. The lowest BCUT2D eigenvalue weighted by Gasteiger charge is -2.15. The lowest BCUT2D eigenvalue weighted by atomic mass is 9.99. The van der Waals surface area contributed by atoms with Crippen molar-refractivity contribution in [1.29, 1.82) is 0 Å². The summed E-state index contributed by atoms with van der Waals surface area (Å²) in [5.41, 5.74) is 2.91. The lowest BCUT2D eigenvalue weighted by molar-refractivity contribution is 0.194. The van der Waals surface area contributed by atoms with Crippen molar-refractivity contribution < 1.29 is 9.84 Å². The number of rotatable bonds is 3. The predicted octanol–water partition coefficient (Wildman–Crippen LogP) is 3.42. The Morgan fingerprint density at radius 1 is 1.00 bits per heavy atom. The van der Waals surface area contributed by atoms with E-state index in [9.17, 15) is 5.11 Å². The summed E-state index contributed by atoms with van der Waals surface area (Å²) < 4.78 is 5.43. The first kappa shape index (κ1) is 11.7. The minimum absolute atomic E-state index is 0.534. The van der Waals surface area contributed by atoms with Crippen LogP contribution in [0.25, 0.3) is 11.1 Å². The van der Waals surface area contributed by atoms with E-state index in [2.05, 4.69) is 0 Å². The maximum Gasteiger partial charge on any atom is 0.132 e. The first-order valence-corrected chi connectivity index (χ1v) is 5.64. The maximum absolute atomic E-state index is 9.73. The van der Waals surface area contributed by atoms with E-state index in [1.807, 2.05) is 48.5 Å². The highest BCUT2D eigenvalue weighted by molar-refractivity contribution is 5.72. The van der Waals surface area contributed by atoms with Crippen LogP contribution in [0.15, 0.2) is 48.5 Å². The third kappa shape index (κ3) is 2.32. The van der Waals surface area contributed by atoms with Crippen LogP contribution in [-0.4, -0.2) is 12.2 Å². The molecule has 0 spiro atoms. The van der Waals surface area contributed by atoms with Crippen LogP contribution in [0.1, 0.15) is 18.6 Å². The summed E-state index contributed by atoms with van der Waals surface area (Å²) in [7, 11) is 1.63. The Labute approximate surface area is 101 Å². The van der Waals surface area contributed by atoms with Crippen LogP contribution in [0, 0.1) is 0 Å². The molecule has 2 nitrogen and oxygen atoms in total. The molecule has 0 unspecified atom stereocenters. The average molecular weight is 228 g/mol. The standard InChI is InChI=1S/C15H16O2/c1-11(16)13-9-6-10-14(15(13)17-2)12-7-4-3-5-8-12/h3-11,16H,1-2H3/t11-/m0/s1. The molecular weight excluding hydrogens is 212 g/mol. The van der Waals surface area contributed by atoms with Crippen LogP contribution in [0.2, 0.25) is 0 Å². The molecule has 88 valence electrons. The highest BCUT2D eigenvalue weighted by atomic mass is 16.5. The average Bonchev–Trinajstić information content (AvgIpc) is 2.38. The molecule has 0 aliphatic rings. The van der Waals surface area contributed by atoms with E-state index in [0.717, 1.165) is 22.4 Å². The van der Waals surface area contributed by atoms with Gasteiger partial charge in [-0.25, -0.2) is 0 Å². The Balaban J connectivity index is 2.59. The summed E-state index contributed by atoms with van der Waals surface area (Å²) in [6, 6.07) is 15.8. The van der Waals surface area contributed by atoms with Gasteiger partial charge in [-0.1, -0.05) is 48.5 Å². The number of methoxy groups -OCH3 is 1. The second-order valence-electron chi connectivity index (χ2n) is 3.97. The number of hydrogen-bond acceptors (Lipinski definition) is 2. The van der Waals surface area contributed by atoms with Gasteiger partial charge in [-0.15, -0.1) is 0 Å². The molecule has 2 rings (SSSR count). The summed E-state index contributed by atoms with van der Waals surface area (Å²) in [4.78, 5) is 0. The first-order valence-electron chi connectivity index (χ1n) is 5.64. The molecule has 0 bridgehead atoms. The first-order chi connectivity index (χ1) is 8.24. The van der Waals surface area contributed by atoms with E-state index in [-0.39, 0.29) is 0 Å². The smallest absolute Gasteiger partial charge is 0.132 e. The monoisotopic (exact) mass is 228 g/mol. The highest BCUT2D eigenvalue weighted by Gasteiger charge is 2.13. The molecule has 0 aromatic heterocycles. The number of ether oxygens (including phenoxy) is 1. The second-order valence-corrected chi connectivity index (χ2v) is 3.97. The zero-order chi connectivity index (χ0) is 12.3. The SMILES string of the molecule is COc1c(-c2ccccc2)cccc1[C@H](C)O. The summed E-state index contributed by atoms with van der Waals surface area (Å²) in [5, 5.41) is 9.73. The molecule has 0 aliphatic heterocycles. The van der Waals surface area contributed by atoms with Gasteiger partial charge in [-0.3, -0.25) is 0 Å². The summed E-state index contributed by atoms with van der Waals surface area (Å²) in [6.45, 7) is 1.74. The molecule has 2 aromatic carbocycles. The number of aliphatic hydroxyl groups excluding tert-OH is 1. The van der Waals surface area contributed by atoms with E-state index < -0.39 is 6.10 Å². The number of benzene rings is 2. The largest absolute Gasteiger partial charge is 0.496 e. The molecule has 0 aliphatic carbocycles. The molecule has 1 N–H and O–H groups in total. The maximum atomic E-state index is 9.73. The van der Waals surface area contributed by atoms with Gasteiger partial charge in [0.2, 0.25) is 0 Å². The molecule has 0 heterocycles. The molecule has 2 aromatic rings. The van der Waals surface area contributed by atoms with Crippen molar-refractivity contribution >= 4 is 0 Å². The van der Waals surface area contributed by atoms with E-state index in [1.54, 1.807) is 14.0 Å². The summed E-state index contributed by atoms with van der Waals surface area (Å²) in [5.74, 6) is 0.744. The highest BCUT2D eigenvalue weighted by Crippen LogP contribution is 2.35. The normalized spacial score (nSPS) is 12.2. The van der Waals surface area contributed by atoms with Crippen molar-refractivity contribution in [3.8, 4) is 16.9 Å². The molecule has 0 saturated carbocycles. The van der Waals surface area contributed by atoms with Crippen LogP contribution < -0.4 is 4.74 Å². The van der Waals surface area contributed by atoms with Gasteiger partial charge in [0, 0.05) is 11.1 Å². The van der Waals surface area contributed by atoms with Gasteiger partial charge < -0.3 is 9.84 Å². The van der Waals surface area contributed by atoms with Crippen LogP contribution in [0.4, 0.5) is 0 Å². The van der Waals surface area contributed by atoms with Gasteiger partial charge in [-0.05, 0) is 12.5 Å². The quantitative estimate of drug-likeness (QED) is 0.872. The molecular formula is C15H16O2. The Morgan fingerprint density at radius 3 is 2.29 bits per heavy atom. The molecule has 1 atom stereocenters. The molecule has 2 heteroatoms. The van der Waals surface area contributed by atoms with Gasteiger partial charge in [-0.2, -0.15) is 0 Å². The van der Waals surface area contributed by atoms with Gasteiger partial charge in [0.1, 0.15) is 5.75 Å². The van der Waals surface area contributed by atoms with Crippen molar-refractivity contribution in [2.45, 2.75) is 13.0 Å². The van der Waals surface area contributed by atoms with Crippen molar-refractivity contribution in [3.05, 3.63) is 54.1 Å². The zero-order valence-electron chi connectivity index (χ0n) is 10.1. The molecule has 17 heavy (non-hydrogen) atoms. The Morgan fingerprint density at radius 2 is 1.71 bits per heavy atom. The number of aliphatic hydroxyl groups is 1. The van der Waals surface area contributed by atoms with Gasteiger partial charge in [0.15, 0.2) is 0 Å². The summed E-state index contributed by atoms with van der Waals surface area (Å²) >= 11 is 0. The van der Waals surface area contributed by atoms with Crippen LogP contribution in [0.5, 0.6) is 5.75 Å². The van der Waals surface area contributed by atoms with Crippen molar-refractivity contribution in [2.75, 3.05) is 7.11 Å². The van der Waals surface area contributed by atoms with Crippen LogP contribution in [0.3, 0.4) is 0 Å². The zero-order valence-corrected chi connectivity index (χ0v) is 10.1. The Bertz CT molecular complexity index is 490. The molecule has 0 amide bonds. The molecule has 0 radical (unpaired) electrons. The fourth-order valence-electron chi connectivity index (χ4n) is 1.96. The van der Waals surface area contributed by atoms with E-state index >= 15 is 0 Å². The third-order valence-electron chi connectivity index (χ3n) is 2.78. The lowest BCUT2D eigenvalue weighted by Crippen LogP contribution is -1.98. The van der Waals surface area contributed by atoms with Gasteiger partial charge in [0.05, 0.1) is 13.2 Å². The Hall–Kier alpha value is -1.80. The van der Waals surface area contributed by atoms with E-state index in [0.29, 0.717) is 0 Å². The topological polar surface area (TPSA) is 29.5 Å². The van der Waals surface area contributed by atoms with Crippen molar-refractivity contribution in [2.24, 2.45) is 0 Å². The Kier molecular flexibility index (Phi) is 3.45. The van der Waals surface area contributed by atoms with E-state index in [4.69, 9.17) is 4.74 Å². The minimum atomic E-state index is -0.534. The number of para-hydroxylation sites is 1. The molecule has 0 saturated heterocycles. The van der Waals surface area contributed by atoms with Gasteiger partial charge in [0.25, 0.3) is 0 Å². The number of hydrogen-bond donors (Lipinski definition) is 1. The fraction of sp³-hybridized carbons (Fsp3) is 0.200. The predicted molar refractivity (Wildman–Crippen MR) is 69.1 cm³/mol. The fourth-order valence-corrected chi connectivity index (χ4v) is 1.96.